The van der Waals surface area contributed by atoms with E-state index in [0.717, 1.165) is 0 Å². The Morgan fingerprint density at radius 2 is 2.25 bits per heavy atom. The third-order valence-corrected chi connectivity index (χ3v) is 2.87. The summed E-state index contributed by atoms with van der Waals surface area (Å²) in [6.07, 6.45) is 3.25. The maximum absolute atomic E-state index is 11.9. The lowest BCUT2D eigenvalue weighted by Crippen LogP contribution is -2.21. The summed E-state index contributed by atoms with van der Waals surface area (Å²) in [4.78, 5) is 24.1. The van der Waals surface area contributed by atoms with Gasteiger partial charge in [0, 0.05) is 7.05 Å². The second kappa shape index (κ2) is 4.18. The van der Waals surface area contributed by atoms with Crippen molar-refractivity contribution in [1.29, 1.82) is 0 Å². The first-order chi connectivity index (χ1) is 7.67. The highest BCUT2D eigenvalue weighted by molar-refractivity contribution is 7.98. The van der Waals surface area contributed by atoms with E-state index in [1.807, 2.05) is 6.26 Å². The molecule has 6 nitrogen and oxygen atoms in total. The van der Waals surface area contributed by atoms with Gasteiger partial charge in [0.15, 0.2) is 16.3 Å². The molecule has 0 aliphatic heterocycles. The molecule has 0 fully saturated rings. The molecule has 0 saturated carbocycles. The molecule has 0 aliphatic rings. The summed E-state index contributed by atoms with van der Waals surface area (Å²) in [5, 5.41) is 9.51. The Labute approximate surface area is 95.4 Å². The van der Waals surface area contributed by atoms with Crippen molar-refractivity contribution in [1.82, 2.24) is 19.5 Å². The number of hydrogen-bond donors (Lipinski definition) is 1. The Kier molecular flexibility index (Phi) is 2.88. The van der Waals surface area contributed by atoms with E-state index in [-0.39, 0.29) is 17.7 Å². The second-order valence-corrected chi connectivity index (χ2v) is 3.93. The molecule has 2 aromatic rings. The fourth-order valence-corrected chi connectivity index (χ4v) is 1.85. The fraction of sp³-hybridized carbons (Fsp3) is 0.333. The number of aliphatic hydroxyl groups is 1. The third kappa shape index (κ3) is 1.68. The molecule has 0 atom stereocenters. The number of fused-ring (bicyclic) bond motifs is 1. The van der Waals surface area contributed by atoms with Gasteiger partial charge in [-0.05, 0) is 6.26 Å². The molecule has 7 heteroatoms. The molecule has 0 bridgehead atoms. The van der Waals surface area contributed by atoms with Crippen molar-refractivity contribution in [2.75, 3.05) is 6.26 Å². The molecular formula is C9H10N4O2S. The molecule has 0 aromatic carbocycles. The maximum Gasteiger partial charge on any atom is 0.282 e. The number of aliphatic hydroxyl groups excluding tert-OH is 1. The summed E-state index contributed by atoms with van der Waals surface area (Å²) in [5.41, 5.74) is 0.608. The average molecular weight is 238 g/mol. The topological polar surface area (TPSA) is 80.9 Å². The second-order valence-electron chi connectivity index (χ2n) is 3.15. The van der Waals surface area contributed by atoms with Crippen molar-refractivity contribution in [2.24, 2.45) is 7.05 Å². The van der Waals surface area contributed by atoms with Gasteiger partial charge in [-0.2, -0.15) is 0 Å². The summed E-state index contributed by atoms with van der Waals surface area (Å²) in [7, 11) is 1.63. The minimum Gasteiger partial charge on any atom is -0.390 e. The lowest BCUT2D eigenvalue weighted by atomic mass is 10.4. The van der Waals surface area contributed by atoms with Gasteiger partial charge in [-0.15, -0.1) is 0 Å². The van der Waals surface area contributed by atoms with E-state index in [0.29, 0.717) is 16.5 Å². The van der Waals surface area contributed by atoms with Crippen molar-refractivity contribution in [2.45, 2.75) is 11.8 Å². The highest BCUT2D eigenvalue weighted by Gasteiger charge is 2.10. The van der Waals surface area contributed by atoms with Crippen molar-refractivity contribution in [3.05, 3.63) is 22.2 Å². The van der Waals surface area contributed by atoms with E-state index in [4.69, 9.17) is 5.11 Å². The van der Waals surface area contributed by atoms with Crippen LogP contribution >= 0.6 is 11.8 Å². The standard InChI is InChI=1S/C9H10N4O2S/c1-13-8(15)6-7(12-9(13)16-2)10-3-5(4-14)11-6/h3,14H,4H2,1-2H3. The quantitative estimate of drug-likeness (QED) is 0.583. The molecule has 0 saturated heterocycles. The van der Waals surface area contributed by atoms with Crippen LogP contribution in [0, 0.1) is 0 Å². The SMILES string of the molecule is CSc1nc2ncc(CO)nc2c(=O)n1C. The summed E-state index contributed by atoms with van der Waals surface area (Å²) >= 11 is 1.37. The molecule has 0 amide bonds. The number of hydrogen-bond acceptors (Lipinski definition) is 6. The largest absolute Gasteiger partial charge is 0.390 e. The van der Waals surface area contributed by atoms with Crippen LogP contribution in [0.3, 0.4) is 0 Å². The van der Waals surface area contributed by atoms with E-state index >= 15 is 0 Å². The Bertz CT molecular complexity index is 596. The molecular weight excluding hydrogens is 228 g/mol. The molecule has 84 valence electrons. The molecule has 0 aliphatic carbocycles. The van der Waals surface area contributed by atoms with Crippen LogP contribution in [0.5, 0.6) is 0 Å². The molecule has 0 spiro atoms. The number of nitrogens with zero attached hydrogens (tertiary/aromatic N) is 4. The van der Waals surface area contributed by atoms with Crippen LogP contribution in [0.4, 0.5) is 0 Å². The van der Waals surface area contributed by atoms with Gasteiger partial charge in [0.2, 0.25) is 0 Å². The van der Waals surface area contributed by atoms with Crippen molar-refractivity contribution < 1.29 is 5.11 Å². The van der Waals surface area contributed by atoms with Crippen LogP contribution in [0.2, 0.25) is 0 Å². The number of rotatable bonds is 2. The minimum atomic E-state index is -0.253. The Balaban J connectivity index is 2.82. The first-order valence-electron chi connectivity index (χ1n) is 4.55. The molecule has 0 radical (unpaired) electrons. The smallest absolute Gasteiger partial charge is 0.282 e. The van der Waals surface area contributed by atoms with Crippen molar-refractivity contribution >= 4 is 22.9 Å². The predicted molar refractivity (Wildman–Crippen MR) is 60.3 cm³/mol. The van der Waals surface area contributed by atoms with Gasteiger partial charge < -0.3 is 5.11 Å². The normalized spacial score (nSPS) is 10.9. The highest BCUT2D eigenvalue weighted by atomic mass is 32.2. The summed E-state index contributed by atoms with van der Waals surface area (Å²) in [6, 6.07) is 0. The van der Waals surface area contributed by atoms with Gasteiger partial charge in [-0.1, -0.05) is 11.8 Å². The summed E-state index contributed by atoms with van der Waals surface area (Å²) in [5.74, 6) is 0. The average Bonchev–Trinajstić information content (AvgIpc) is 2.33. The zero-order valence-electron chi connectivity index (χ0n) is 8.84. The van der Waals surface area contributed by atoms with E-state index in [1.165, 1.54) is 22.5 Å². The highest BCUT2D eigenvalue weighted by Crippen LogP contribution is 2.11. The Hall–Kier alpha value is -1.47. The first kappa shape index (κ1) is 11.0. The van der Waals surface area contributed by atoms with E-state index in [9.17, 15) is 4.79 Å². The van der Waals surface area contributed by atoms with Gasteiger partial charge in [0.05, 0.1) is 18.5 Å². The summed E-state index contributed by atoms with van der Waals surface area (Å²) < 4.78 is 1.42. The van der Waals surface area contributed by atoms with Crippen LogP contribution < -0.4 is 5.56 Å². The third-order valence-electron chi connectivity index (χ3n) is 2.14. The first-order valence-corrected chi connectivity index (χ1v) is 5.77. The van der Waals surface area contributed by atoms with Crippen LogP contribution in [-0.4, -0.2) is 30.9 Å². The lowest BCUT2D eigenvalue weighted by Gasteiger charge is -2.05. The molecule has 0 unspecified atom stereocenters. The van der Waals surface area contributed by atoms with Gasteiger partial charge in [0.1, 0.15) is 0 Å². The zero-order chi connectivity index (χ0) is 11.7. The zero-order valence-corrected chi connectivity index (χ0v) is 9.65. The van der Waals surface area contributed by atoms with Gasteiger partial charge >= 0.3 is 0 Å². The van der Waals surface area contributed by atoms with Gasteiger partial charge in [-0.3, -0.25) is 9.36 Å². The molecule has 16 heavy (non-hydrogen) atoms. The van der Waals surface area contributed by atoms with E-state index in [1.54, 1.807) is 7.05 Å². The maximum atomic E-state index is 11.9. The van der Waals surface area contributed by atoms with Gasteiger partial charge in [-0.25, -0.2) is 15.0 Å². The van der Waals surface area contributed by atoms with Crippen LogP contribution in [0.15, 0.2) is 16.1 Å². The predicted octanol–water partition coefficient (Wildman–Crippen LogP) is -0.0623. The molecule has 2 heterocycles. The van der Waals surface area contributed by atoms with Crippen LogP contribution in [0.1, 0.15) is 5.69 Å². The fourth-order valence-electron chi connectivity index (χ4n) is 1.31. The lowest BCUT2D eigenvalue weighted by molar-refractivity contribution is 0.277. The molecule has 2 rings (SSSR count). The molecule has 2 aromatic heterocycles. The van der Waals surface area contributed by atoms with Gasteiger partial charge in [0.25, 0.3) is 5.56 Å². The van der Waals surface area contributed by atoms with Crippen LogP contribution in [0.25, 0.3) is 11.2 Å². The van der Waals surface area contributed by atoms with Crippen molar-refractivity contribution in [3.8, 4) is 0 Å². The number of thioether (sulfide) groups is 1. The Morgan fingerprint density at radius 1 is 1.50 bits per heavy atom. The molecule has 1 N–H and O–H groups in total. The van der Waals surface area contributed by atoms with E-state index in [2.05, 4.69) is 15.0 Å². The van der Waals surface area contributed by atoms with Crippen molar-refractivity contribution in [3.63, 3.8) is 0 Å². The minimum absolute atomic E-state index is 0.187. The number of aromatic nitrogens is 4. The Morgan fingerprint density at radius 3 is 2.88 bits per heavy atom. The summed E-state index contributed by atoms with van der Waals surface area (Å²) in [6.45, 7) is -0.240. The van der Waals surface area contributed by atoms with E-state index < -0.39 is 0 Å². The van der Waals surface area contributed by atoms with Crippen LogP contribution in [-0.2, 0) is 13.7 Å². The monoisotopic (exact) mass is 238 g/mol.